The first-order valence-corrected chi connectivity index (χ1v) is 9.55. The molecule has 0 saturated carbocycles. The molecule has 2 unspecified atom stereocenters. The summed E-state index contributed by atoms with van der Waals surface area (Å²) >= 11 is 5.94. The fourth-order valence-corrected chi connectivity index (χ4v) is 4.29. The average molecular weight is 469 g/mol. The van der Waals surface area contributed by atoms with Gasteiger partial charge in [0.05, 0.1) is 33.2 Å². The van der Waals surface area contributed by atoms with Gasteiger partial charge in [-0.2, -0.15) is 0 Å². The summed E-state index contributed by atoms with van der Waals surface area (Å²) in [4.78, 5) is 59.5. The minimum Gasteiger partial charge on any atom is -0.480 e. The minimum absolute atomic E-state index is 0.355. The number of carboxylic acid groups (broad SMARTS) is 2. The number of hydrogen-bond donors (Lipinski definition) is 2. The highest BCUT2D eigenvalue weighted by atomic mass is 35.5. The van der Waals surface area contributed by atoms with E-state index in [-0.39, 0.29) is 6.61 Å². The Morgan fingerprint density at radius 3 is 2.19 bits per heavy atom. The van der Waals surface area contributed by atoms with Crippen LogP contribution < -0.4 is 0 Å². The highest BCUT2D eigenvalue weighted by Crippen LogP contribution is 2.55. The van der Waals surface area contributed by atoms with Crippen LogP contribution in [0.2, 0.25) is 0 Å². The van der Waals surface area contributed by atoms with Crippen LogP contribution in [0.5, 0.6) is 0 Å². The lowest BCUT2D eigenvalue weighted by molar-refractivity contribution is -0.420. The van der Waals surface area contributed by atoms with Crippen LogP contribution in [0.4, 0.5) is 5.69 Å². The van der Waals surface area contributed by atoms with E-state index in [1.54, 1.807) is 0 Å². The molecule has 0 fully saturated rings. The molecule has 170 valence electrons. The Kier molecular flexibility index (Phi) is 6.99. The smallest absolute Gasteiger partial charge is 0.332 e. The van der Waals surface area contributed by atoms with Gasteiger partial charge >= 0.3 is 17.9 Å². The maximum Gasteiger partial charge on any atom is 0.332 e. The Morgan fingerprint density at radius 2 is 1.75 bits per heavy atom. The molecule has 2 rings (SSSR count). The van der Waals surface area contributed by atoms with E-state index in [1.165, 1.54) is 19.1 Å². The van der Waals surface area contributed by atoms with Crippen molar-refractivity contribution in [3.05, 3.63) is 66.9 Å². The number of allylic oxidation sites excluding steroid dienone is 1. The molecule has 2 N–H and O–H groups in total. The van der Waals surface area contributed by atoms with Crippen LogP contribution in [0.3, 0.4) is 0 Å². The van der Waals surface area contributed by atoms with E-state index in [4.69, 9.17) is 16.3 Å². The number of alkyl halides is 1. The molecule has 1 aromatic rings. The zero-order chi connectivity index (χ0) is 24.4. The normalized spacial score (nSPS) is 20.7. The van der Waals surface area contributed by atoms with E-state index in [9.17, 15) is 44.8 Å². The van der Waals surface area contributed by atoms with Crippen molar-refractivity contribution in [2.24, 2.45) is 11.3 Å². The second-order valence-electron chi connectivity index (χ2n) is 6.64. The molecule has 0 amide bonds. The van der Waals surface area contributed by atoms with Crippen LogP contribution in [-0.4, -0.2) is 50.5 Å². The lowest BCUT2D eigenvalue weighted by atomic mass is 9.60. The third-order valence-electron chi connectivity index (χ3n) is 5.13. The Hall–Kier alpha value is -3.80. The molecule has 0 aliphatic heterocycles. The van der Waals surface area contributed by atoms with Gasteiger partial charge in [-0.05, 0) is 19.9 Å². The fourth-order valence-electron chi connectivity index (χ4n) is 3.90. The number of aliphatic carboxylic acids is 2. The van der Waals surface area contributed by atoms with Crippen LogP contribution in [0.1, 0.15) is 19.4 Å². The molecule has 1 aromatic carbocycles. The first-order valence-electron chi connectivity index (χ1n) is 9.02. The van der Waals surface area contributed by atoms with E-state index in [0.29, 0.717) is 0 Å². The van der Waals surface area contributed by atoms with Crippen molar-refractivity contribution in [3.63, 3.8) is 0 Å². The molecular formula is C19H17ClN2O10. The molecule has 0 heterocycles. The number of rotatable bonds is 8. The Labute approximate surface area is 185 Å². The zero-order valence-corrected chi connectivity index (χ0v) is 17.5. The summed E-state index contributed by atoms with van der Waals surface area (Å²) in [5, 5.41) is 43.6. The molecule has 0 radical (unpaired) electrons. The van der Waals surface area contributed by atoms with Gasteiger partial charge in [0.1, 0.15) is 0 Å². The third kappa shape index (κ3) is 3.58. The summed E-state index contributed by atoms with van der Waals surface area (Å²) in [6.45, 7) is 2.03. The van der Waals surface area contributed by atoms with Gasteiger partial charge in [-0.15, -0.1) is 11.6 Å². The van der Waals surface area contributed by atoms with Crippen LogP contribution in [0, 0.1) is 31.6 Å². The number of carbonyl (C=O) groups is 3. The van der Waals surface area contributed by atoms with Gasteiger partial charge in [-0.25, -0.2) is 4.79 Å². The van der Waals surface area contributed by atoms with Gasteiger partial charge in [-0.1, -0.05) is 12.1 Å². The van der Waals surface area contributed by atoms with Gasteiger partial charge in [-0.3, -0.25) is 29.8 Å². The summed E-state index contributed by atoms with van der Waals surface area (Å²) < 4.78 is 4.90. The van der Waals surface area contributed by atoms with Crippen molar-refractivity contribution in [2.45, 2.75) is 13.8 Å². The van der Waals surface area contributed by atoms with E-state index in [1.807, 2.05) is 0 Å². The number of hydrogen-bond acceptors (Lipinski definition) is 8. The second kappa shape index (κ2) is 9.14. The average Bonchev–Trinajstić information content (AvgIpc) is 2.71. The number of nitrogens with zero attached hydrogens (tertiary/aromatic N) is 2. The Balaban J connectivity index is 3.28. The zero-order valence-electron chi connectivity index (χ0n) is 16.7. The fraction of sp³-hybridized carbons (Fsp3) is 0.316. The number of halogens is 1. The maximum absolute atomic E-state index is 13.1. The van der Waals surface area contributed by atoms with E-state index < -0.39 is 78.6 Å². The third-order valence-corrected chi connectivity index (χ3v) is 5.44. The molecule has 0 bridgehead atoms. The van der Waals surface area contributed by atoms with Gasteiger partial charge in [0.25, 0.3) is 11.4 Å². The summed E-state index contributed by atoms with van der Waals surface area (Å²) in [5.74, 6) is -7.86. The van der Waals surface area contributed by atoms with Crippen molar-refractivity contribution >= 4 is 40.8 Å². The van der Waals surface area contributed by atoms with Crippen LogP contribution in [0.25, 0.3) is 5.57 Å². The quantitative estimate of drug-likeness (QED) is 0.188. The predicted molar refractivity (Wildman–Crippen MR) is 108 cm³/mol. The predicted octanol–water partition coefficient (Wildman–Crippen LogP) is 2.49. The van der Waals surface area contributed by atoms with E-state index in [0.717, 1.165) is 19.1 Å². The minimum atomic E-state index is -3.04. The highest BCUT2D eigenvalue weighted by molar-refractivity contribution is 6.22. The molecule has 1 aliphatic rings. The number of carbonyl (C=O) groups excluding carboxylic acids is 1. The number of carboxylic acids is 2. The monoisotopic (exact) mass is 468 g/mol. The van der Waals surface area contributed by atoms with Crippen LogP contribution in [0.15, 0.2) is 41.1 Å². The Morgan fingerprint density at radius 1 is 1.16 bits per heavy atom. The number of benzene rings is 1. The van der Waals surface area contributed by atoms with Crippen LogP contribution >= 0.6 is 11.6 Å². The van der Waals surface area contributed by atoms with Gasteiger partial charge in [0.2, 0.25) is 5.41 Å². The number of nitro groups is 2. The molecule has 32 heavy (non-hydrogen) atoms. The van der Waals surface area contributed by atoms with Crippen molar-refractivity contribution in [1.82, 2.24) is 0 Å². The van der Waals surface area contributed by atoms with Gasteiger partial charge in [0.15, 0.2) is 0 Å². The molecule has 1 aliphatic carbocycles. The molecular weight excluding hydrogens is 452 g/mol. The lowest BCUT2D eigenvalue weighted by Crippen LogP contribution is -2.52. The van der Waals surface area contributed by atoms with Crippen molar-refractivity contribution in [1.29, 1.82) is 0 Å². The van der Waals surface area contributed by atoms with Crippen molar-refractivity contribution < 1.29 is 39.2 Å². The number of ether oxygens (including phenoxy) is 1. The first kappa shape index (κ1) is 24.5. The summed E-state index contributed by atoms with van der Waals surface area (Å²) in [6, 6.07) is 4.51. The van der Waals surface area contributed by atoms with Gasteiger partial charge < -0.3 is 14.9 Å². The highest BCUT2D eigenvalue weighted by Gasteiger charge is 2.65. The lowest BCUT2D eigenvalue weighted by Gasteiger charge is -2.39. The number of nitro benzene ring substituents is 1. The molecule has 12 nitrogen and oxygen atoms in total. The second-order valence-corrected chi connectivity index (χ2v) is 6.95. The van der Waals surface area contributed by atoms with Gasteiger partial charge in [0, 0.05) is 23.4 Å². The van der Waals surface area contributed by atoms with Crippen molar-refractivity contribution in [3.8, 4) is 0 Å². The van der Waals surface area contributed by atoms with Crippen molar-refractivity contribution in [2.75, 3.05) is 12.5 Å². The standard InChI is InChI=1S/C19H17ClN2O10/c1-3-32-18(27)19(17(25)26)11(8-20)13(16(23)24)9(2)15(22(30)31)14(19)10-6-4-5-7-12(10)21(28)29/h4-7,11H,3,8H2,1-2H3,(H,23,24)(H,25,26). The molecule has 2 atom stereocenters. The first-order chi connectivity index (χ1) is 15.0. The van der Waals surface area contributed by atoms with E-state index >= 15 is 0 Å². The summed E-state index contributed by atoms with van der Waals surface area (Å²) in [6.07, 6.45) is 0. The maximum atomic E-state index is 13.1. The number of para-hydroxylation sites is 1. The number of esters is 1. The van der Waals surface area contributed by atoms with Crippen LogP contribution in [-0.2, 0) is 19.1 Å². The Bertz CT molecular complexity index is 1090. The topological polar surface area (TPSA) is 187 Å². The largest absolute Gasteiger partial charge is 0.480 e. The molecule has 13 heteroatoms. The summed E-state index contributed by atoms with van der Waals surface area (Å²) in [5.41, 5.74) is -7.50. The molecule has 0 spiro atoms. The van der Waals surface area contributed by atoms with E-state index in [2.05, 4.69) is 0 Å². The molecule has 0 aromatic heterocycles. The summed E-state index contributed by atoms with van der Waals surface area (Å²) in [7, 11) is 0. The molecule has 0 saturated heterocycles. The SMILES string of the molecule is CCOC(=O)C1(C(=O)O)C(c2ccccc2[N+](=O)[O-])=C([N+](=O)[O-])C(C)=C(C(=O)O)C1CCl.